The summed E-state index contributed by atoms with van der Waals surface area (Å²) in [6, 6.07) is 16.4. The second-order valence-corrected chi connectivity index (χ2v) is 7.42. The van der Waals surface area contributed by atoms with Crippen molar-refractivity contribution in [3.8, 4) is 5.75 Å². The molecule has 0 bridgehead atoms. The van der Waals surface area contributed by atoms with E-state index in [-0.39, 0.29) is 18.3 Å². The Morgan fingerprint density at radius 1 is 1.22 bits per heavy atom. The zero-order chi connectivity index (χ0) is 18.8. The van der Waals surface area contributed by atoms with E-state index in [1.807, 2.05) is 25.1 Å². The highest BCUT2D eigenvalue weighted by atomic mass is 35.5. The number of carbonyl (C=O) groups is 1. The Labute approximate surface area is 164 Å². The van der Waals surface area contributed by atoms with Gasteiger partial charge in [0.15, 0.2) is 10.9 Å². The summed E-state index contributed by atoms with van der Waals surface area (Å²) in [7, 11) is 0. The van der Waals surface area contributed by atoms with Gasteiger partial charge in [-0.25, -0.2) is 4.98 Å². The van der Waals surface area contributed by atoms with Crippen LogP contribution in [-0.2, 0) is 6.61 Å². The fourth-order valence-electron chi connectivity index (χ4n) is 2.53. The lowest BCUT2D eigenvalue weighted by Crippen LogP contribution is -2.10. The molecular formula is C20H15ClN2O3S. The maximum absolute atomic E-state index is 12.4. The lowest BCUT2D eigenvalue weighted by molar-refractivity contribution is 0.0992. The lowest BCUT2D eigenvalue weighted by Gasteiger charge is -2.04. The number of furan rings is 1. The number of benzene rings is 2. The van der Waals surface area contributed by atoms with Crippen molar-refractivity contribution in [2.75, 3.05) is 5.32 Å². The largest absolute Gasteiger partial charge is 0.486 e. The number of anilines is 1. The molecule has 0 radical (unpaired) electrons. The van der Waals surface area contributed by atoms with Crippen LogP contribution in [0.4, 0.5) is 5.13 Å². The van der Waals surface area contributed by atoms with Crippen LogP contribution in [0.3, 0.4) is 0 Å². The average molecular weight is 399 g/mol. The average Bonchev–Trinajstić information content (AvgIpc) is 3.26. The van der Waals surface area contributed by atoms with E-state index in [4.69, 9.17) is 20.8 Å². The quantitative estimate of drug-likeness (QED) is 0.469. The summed E-state index contributed by atoms with van der Waals surface area (Å²) < 4.78 is 12.2. The van der Waals surface area contributed by atoms with Gasteiger partial charge in [-0.1, -0.05) is 35.1 Å². The highest BCUT2D eigenvalue weighted by Crippen LogP contribution is 2.27. The highest BCUT2D eigenvalue weighted by Gasteiger charge is 2.14. The van der Waals surface area contributed by atoms with Gasteiger partial charge in [0, 0.05) is 5.02 Å². The number of thiazole rings is 1. The fourth-order valence-corrected chi connectivity index (χ4v) is 3.67. The topological polar surface area (TPSA) is 64.4 Å². The van der Waals surface area contributed by atoms with E-state index in [0.717, 1.165) is 15.8 Å². The molecule has 4 aromatic rings. The van der Waals surface area contributed by atoms with Gasteiger partial charge in [-0.15, -0.1) is 0 Å². The molecule has 1 amide bonds. The third kappa shape index (κ3) is 4.13. The van der Waals surface area contributed by atoms with E-state index >= 15 is 0 Å². The number of halogens is 1. The Bertz CT molecular complexity index is 1120. The van der Waals surface area contributed by atoms with Crippen molar-refractivity contribution in [1.82, 2.24) is 4.98 Å². The van der Waals surface area contributed by atoms with Gasteiger partial charge in [0.05, 0.1) is 10.2 Å². The number of hydrogen-bond donors (Lipinski definition) is 1. The monoisotopic (exact) mass is 398 g/mol. The van der Waals surface area contributed by atoms with Crippen LogP contribution in [-0.4, -0.2) is 10.9 Å². The van der Waals surface area contributed by atoms with Gasteiger partial charge < -0.3 is 9.15 Å². The number of carbonyl (C=O) groups excluding carboxylic acids is 1. The van der Waals surface area contributed by atoms with Gasteiger partial charge in [-0.05, 0) is 55.0 Å². The summed E-state index contributed by atoms with van der Waals surface area (Å²) >= 11 is 7.35. The molecule has 2 heterocycles. The zero-order valence-electron chi connectivity index (χ0n) is 14.4. The summed E-state index contributed by atoms with van der Waals surface area (Å²) in [5.41, 5.74) is 2.01. The van der Waals surface area contributed by atoms with Crippen molar-refractivity contribution >= 4 is 44.2 Å². The van der Waals surface area contributed by atoms with Crippen LogP contribution in [0.15, 0.2) is 59.0 Å². The molecule has 1 N–H and O–H groups in total. The number of fused-ring (bicyclic) bond motifs is 1. The Morgan fingerprint density at radius 2 is 2.11 bits per heavy atom. The summed E-state index contributed by atoms with van der Waals surface area (Å²) in [5, 5.41) is 3.91. The molecule has 5 nitrogen and oxygen atoms in total. The molecule has 7 heteroatoms. The number of rotatable bonds is 5. The molecule has 0 fully saturated rings. The van der Waals surface area contributed by atoms with Crippen LogP contribution >= 0.6 is 22.9 Å². The first-order valence-corrected chi connectivity index (χ1v) is 9.42. The number of nitrogens with zero attached hydrogens (tertiary/aromatic N) is 1. The van der Waals surface area contributed by atoms with Crippen molar-refractivity contribution in [2.24, 2.45) is 0 Å². The summed E-state index contributed by atoms with van der Waals surface area (Å²) in [4.78, 5) is 16.8. The van der Waals surface area contributed by atoms with E-state index in [1.165, 1.54) is 11.3 Å². The molecule has 0 unspecified atom stereocenters. The number of aryl methyl sites for hydroxylation is 1. The Morgan fingerprint density at radius 3 is 2.96 bits per heavy atom. The highest BCUT2D eigenvalue weighted by molar-refractivity contribution is 7.22. The van der Waals surface area contributed by atoms with Crippen molar-refractivity contribution in [1.29, 1.82) is 0 Å². The maximum Gasteiger partial charge on any atom is 0.293 e. The molecule has 2 aromatic heterocycles. The normalized spacial score (nSPS) is 10.9. The number of amides is 1. The lowest BCUT2D eigenvalue weighted by atomic mass is 10.2. The van der Waals surface area contributed by atoms with Crippen molar-refractivity contribution in [2.45, 2.75) is 13.5 Å². The molecule has 0 saturated heterocycles. The van der Waals surface area contributed by atoms with Gasteiger partial charge in [0.1, 0.15) is 18.1 Å². The van der Waals surface area contributed by atoms with E-state index in [9.17, 15) is 4.79 Å². The molecule has 27 heavy (non-hydrogen) atoms. The second kappa shape index (κ2) is 7.42. The van der Waals surface area contributed by atoms with E-state index in [2.05, 4.69) is 10.3 Å². The Kier molecular flexibility index (Phi) is 4.83. The summed E-state index contributed by atoms with van der Waals surface area (Å²) in [6.45, 7) is 2.22. The first kappa shape index (κ1) is 17.6. The van der Waals surface area contributed by atoms with E-state index in [0.29, 0.717) is 21.7 Å². The summed E-state index contributed by atoms with van der Waals surface area (Å²) in [6.07, 6.45) is 0. The fraction of sp³-hybridized carbons (Fsp3) is 0.100. The Hall–Kier alpha value is -2.83. The molecule has 136 valence electrons. The van der Waals surface area contributed by atoms with Gasteiger partial charge in [0.25, 0.3) is 5.91 Å². The Balaban J connectivity index is 1.41. The van der Waals surface area contributed by atoms with Gasteiger partial charge >= 0.3 is 0 Å². The smallest absolute Gasteiger partial charge is 0.293 e. The minimum Gasteiger partial charge on any atom is -0.486 e. The van der Waals surface area contributed by atoms with Gasteiger partial charge in [-0.2, -0.15) is 0 Å². The van der Waals surface area contributed by atoms with Crippen LogP contribution in [0, 0.1) is 6.92 Å². The van der Waals surface area contributed by atoms with Gasteiger partial charge in [-0.3, -0.25) is 10.1 Å². The zero-order valence-corrected chi connectivity index (χ0v) is 15.9. The number of nitrogens with one attached hydrogen (secondary N) is 1. The predicted octanol–water partition coefficient (Wildman–Crippen LogP) is 5.68. The van der Waals surface area contributed by atoms with Crippen LogP contribution < -0.4 is 10.1 Å². The summed E-state index contributed by atoms with van der Waals surface area (Å²) in [5.74, 6) is 1.03. The van der Waals surface area contributed by atoms with E-state index < -0.39 is 0 Å². The first-order chi connectivity index (χ1) is 13.1. The van der Waals surface area contributed by atoms with Crippen molar-refractivity contribution < 1.29 is 13.9 Å². The molecular weight excluding hydrogens is 384 g/mol. The van der Waals surface area contributed by atoms with Crippen molar-refractivity contribution in [3.63, 3.8) is 0 Å². The van der Waals surface area contributed by atoms with Gasteiger partial charge in [0.2, 0.25) is 0 Å². The van der Waals surface area contributed by atoms with E-state index in [1.54, 1.807) is 36.4 Å². The minimum atomic E-state index is -0.347. The number of aromatic nitrogens is 1. The molecule has 0 saturated carbocycles. The SMILES string of the molecule is Cc1ccc2nc(NC(=O)c3ccc(COc4cccc(Cl)c4)o3)sc2c1. The maximum atomic E-state index is 12.4. The number of hydrogen-bond acceptors (Lipinski definition) is 5. The molecule has 0 atom stereocenters. The molecule has 4 rings (SSSR count). The molecule has 0 aliphatic heterocycles. The third-order valence-electron chi connectivity index (χ3n) is 3.83. The standard InChI is InChI=1S/C20H15ClN2O3S/c1-12-5-7-16-18(9-12)27-20(22-16)23-19(24)17-8-6-15(26-17)11-25-14-4-2-3-13(21)10-14/h2-10H,11H2,1H3,(H,22,23,24). The number of ether oxygens (including phenoxy) is 1. The predicted molar refractivity (Wildman–Crippen MR) is 107 cm³/mol. The third-order valence-corrected chi connectivity index (χ3v) is 5.00. The van der Waals surface area contributed by atoms with Crippen LogP contribution in [0.25, 0.3) is 10.2 Å². The van der Waals surface area contributed by atoms with Crippen LogP contribution in [0.5, 0.6) is 5.75 Å². The first-order valence-electron chi connectivity index (χ1n) is 8.22. The molecule has 2 aromatic carbocycles. The molecule has 0 aliphatic carbocycles. The molecule has 0 spiro atoms. The van der Waals surface area contributed by atoms with Crippen molar-refractivity contribution in [3.05, 3.63) is 76.7 Å². The van der Waals surface area contributed by atoms with Crippen LogP contribution in [0.2, 0.25) is 5.02 Å². The second-order valence-electron chi connectivity index (χ2n) is 5.96. The molecule has 0 aliphatic rings. The van der Waals surface area contributed by atoms with Crippen LogP contribution in [0.1, 0.15) is 21.9 Å². The minimum absolute atomic E-state index is 0.202.